The fourth-order valence-electron chi connectivity index (χ4n) is 4.80. The molecule has 1 aliphatic heterocycles. The molecule has 0 radical (unpaired) electrons. The van der Waals surface area contributed by atoms with Crippen molar-refractivity contribution in [3.05, 3.63) is 83.3 Å². The number of aromatic nitrogens is 2. The van der Waals surface area contributed by atoms with Gasteiger partial charge in [-0.05, 0) is 48.2 Å². The predicted octanol–water partition coefficient (Wildman–Crippen LogP) is 4.63. The summed E-state index contributed by atoms with van der Waals surface area (Å²) in [4.78, 5) is 23.1. The zero-order valence-corrected chi connectivity index (χ0v) is 20.3. The van der Waals surface area contributed by atoms with E-state index in [2.05, 4.69) is 29.2 Å². The highest BCUT2D eigenvalue weighted by molar-refractivity contribution is 7.21. The molecule has 1 saturated carbocycles. The number of β-amino-alcohol motifs (C(OH)–C–C–N with tert-alkyl or cyclic N) is 1. The molecule has 0 amide bonds. The molecular weight excluding hydrogens is 489 g/mol. The number of benzene rings is 2. The highest BCUT2D eigenvalue weighted by atomic mass is 35.5. The number of likely N-dealkylation sites (tertiary alicyclic amines) is 1. The van der Waals surface area contributed by atoms with Crippen LogP contribution in [0, 0.1) is 5.82 Å². The lowest BCUT2D eigenvalue weighted by atomic mass is 9.92. The zero-order chi connectivity index (χ0) is 23.5. The van der Waals surface area contributed by atoms with Gasteiger partial charge in [0.15, 0.2) is 5.60 Å². The van der Waals surface area contributed by atoms with Crippen LogP contribution in [-0.2, 0) is 16.8 Å². The van der Waals surface area contributed by atoms with Gasteiger partial charge in [0.1, 0.15) is 21.2 Å². The third-order valence-corrected chi connectivity index (χ3v) is 7.86. The Balaban J connectivity index is 0.00000253. The minimum absolute atomic E-state index is 0. The lowest BCUT2D eigenvalue weighted by molar-refractivity contribution is -0.178. The summed E-state index contributed by atoms with van der Waals surface area (Å²) in [6.07, 6.45) is 2.14. The van der Waals surface area contributed by atoms with Gasteiger partial charge in [-0.1, -0.05) is 47.7 Å². The monoisotopic (exact) mass is 511 g/mol. The Morgan fingerprint density at radius 3 is 2.46 bits per heavy atom. The summed E-state index contributed by atoms with van der Waals surface area (Å²) in [6, 6.07) is 19.4. The lowest BCUT2D eigenvalue weighted by Crippen LogP contribution is -2.65. The molecule has 0 bridgehead atoms. The van der Waals surface area contributed by atoms with E-state index in [4.69, 9.17) is 10.1 Å². The Morgan fingerprint density at radius 1 is 1.06 bits per heavy atom. The highest BCUT2D eigenvalue weighted by Crippen LogP contribution is 2.53. The average Bonchev–Trinajstić information content (AvgIpc) is 3.51. The molecule has 2 aromatic heterocycles. The summed E-state index contributed by atoms with van der Waals surface area (Å²) in [6.45, 7) is 0.434. The van der Waals surface area contributed by atoms with Crippen molar-refractivity contribution in [1.82, 2.24) is 14.9 Å². The Hall–Kier alpha value is -2.91. The summed E-state index contributed by atoms with van der Waals surface area (Å²) in [7, 11) is 0. The molecule has 6 nitrogen and oxygen atoms in total. The SMILES string of the molecule is Cl.O=C(O)C1(O)CN(Cc2ccc(-c3nc4ccc(C5(c6ccccc6)CC5)nc4s3)c(F)c2)C1. The molecule has 6 rings (SSSR count). The van der Waals surface area contributed by atoms with Crippen molar-refractivity contribution < 1.29 is 19.4 Å². The predicted molar refractivity (Wildman–Crippen MR) is 134 cm³/mol. The first-order chi connectivity index (χ1) is 16.4. The van der Waals surface area contributed by atoms with Gasteiger partial charge in [0.2, 0.25) is 0 Å². The maximum absolute atomic E-state index is 15.0. The lowest BCUT2D eigenvalue weighted by Gasteiger charge is -2.43. The van der Waals surface area contributed by atoms with Crippen LogP contribution in [0.15, 0.2) is 60.7 Å². The van der Waals surface area contributed by atoms with Crippen LogP contribution in [0.1, 0.15) is 29.7 Å². The molecule has 0 atom stereocenters. The molecule has 1 aliphatic carbocycles. The van der Waals surface area contributed by atoms with Gasteiger partial charge in [-0.2, -0.15) is 0 Å². The number of fused-ring (bicyclic) bond motifs is 1. The molecule has 2 fully saturated rings. The number of pyridine rings is 1. The Morgan fingerprint density at radius 2 is 1.80 bits per heavy atom. The number of aliphatic carboxylic acids is 1. The third kappa shape index (κ3) is 4.10. The van der Waals surface area contributed by atoms with E-state index in [0.717, 1.165) is 28.9 Å². The summed E-state index contributed by atoms with van der Waals surface area (Å²) in [5, 5.41) is 19.5. The van der Waals surface area contributed by atoms with Crippen LogP contribution in [0.4, 0.5) is 4.39 Å². The largest absolute Gasteiger partial charge is 0.479 e. The number of carboxylic acid groups (broad SMARTS) is 1. The summed E-state index contributed by atoms with van der Waals surface area (Å²) in [5.74, 6) is -1.61. The molecule has 0 unspecified atom stereocenters. The molecule has 2 N–H and O–H groups in total. The normalized spacial score (nSPS) is 18.0. The van der Waals surface area contributed by atoms with Gasteiger partial charge < -0.3 is 10.2 Å². The summed E-state index contributed by atoms with van der Waals surface area (Å²) in [5.41, 5.74) is 2.47. The van der Waals surface area contributed by atoms with E-state index in [1.54, 1.807) is 11.0 Å². The second-order valence-electron chi connectivity index (χ2n) is 9.28. The molecule has 3 heterocycles. The van der Waals surface area contributed by atoms with Crippen molar-refractivity contribution in [3.8, 4) is 10.6 Å². The maximum Gasteiger partial charge on any atom is 0.338 e. The smallest absolute Gasteiger partial charge is 0.338 e. The Bertz CT molecular complexity index is 1420. The standard InChI is InChI=1S/C26H22FN3O3S.ClH/c27-19-12-16(13-30-14-26(33,15-30)24(31)32)6-7-18(19)22-28-20-8-9-21(29-23(20)34-22)25(10-11-25)17-4-2-1-3-5-17;/h1-9,12,33H,10-11,13-15H2,(H,31,32);1H. The second kappa shape index (κ2) is 8.64. The van der Waals surface area contributed by atoms with E-state index in [1.807, 2.05) is 24.3 Å². The average molecular weight is 512 g/mol. The molecule has 0 spiro atoms. The van der Waals surface area contributed by atoms with E-state index in [-0.39, 0.29) is 36.7 Å². The van der Waals surface area contributed by atoms with E-state index in [0.29, 0.717) is 22.7 Å². The van der Waals surface area contributed by atoms with Gasteiger partial charge >= 0.3 is 5.97 Å². The van der Waals surface area contributed by atoms with E-state index >= 15 is 4.39 Å². The van der Waals surface area contributed by atoms with E-state index in [9.17, 15) is 9.90 Å². The molecule has 4 aromatic rings. The summed E-state index contributed by atoms with van der Waals surface area (Å²) < 4.78 is 15.0. The number of carbonyl (C=O) groups is 1. The zero-order valence-electron chi connectivity index (χ0n) is 18.6. The first-order valence-electron chi connectivity index (χ1n) is 11.2. The van der Waals surface area contributed by atoms with Gasteiger partial charge in [0.05, 0.1) is 5.69 Å². The van der Waals surface area contributed by atoms with Crippen LogP contribution in [0.5, 0.6) is 0 Å². The maximum atomic E-state index is 15.0. The third-order valence-electron chi connectivity index (χ3n) is 6.86. The number of halogens is 2. The van der Waals surface area contributed by atoms with Crippen molar-refractivity contribution in [2.75, 3.05) is 13.1 Å². The van der Waals surface area contributed by atoms with Crippen molar-refractivity contribution in [3.63, 3.8) is 0 Å². The molecule has 180 valence electrons. The molecule has 9 heteroatoms. The highest BCUT2D eigenvalue weighted by Gasteiger charge is 2.48. The second-order valence-corrected chi connectivity index (χ2v) is 10.3. The fourth-order valence-corrected chi connectivity index (χ4v) is 5.77. The topological polar surface area (TPSA) is 86.5 Å². The van der Waals surface area contributed by atoms with Gasteiger partial charge in [0.25, 0.3) is 0 Å². The van der Waals surface area contributed by atoms with Gasteiger partial charge in [-0.15, -0.1) is 12.4 Å². The minimum atomic E-state index is -1.70. The van der Waals surface area contributed by atoms with Crippen LogP contribution < -0.4 is 0 Å². The number of aliphatic hydroxyl groups is 1. The first kappa shape index (κ1) is 23.8. The Labute approximate surface area is 211 Å². The number of hydrogen-bond acceptors (Lipinski definition) is 6. The Kier molecular flexibility index (Phi) is 5.88. The van der Waals surface area contributed by atoms with E-state index in [1.165, 1.54) is 23.0 Å². The molecule has 2 aliphatic rings. The molecule has 35 heavy (non-hydrogen) atoms. The fraction of sp³-hybridized carbons (Fsp3) is 0.269. The quantitative estimate of drug-likeness (QED) is 0.392. The number of nitrogens with zero attached hydrogens (tertiary/aromatic N) is 3. The van der Waals surface area contributed by atoms with Crippen LogP contribution in [0.2, 0.25) is 0 Å². The summed E-state index contributed by atoms with van der Waals surface area (Å²) >= 11 is 1.39. The first-order valence-corrected chi connectivity index (χ1v) is 12.0. The van der Waals surface area contributed by atoms with Crippen LogP contribution in [0.25, 0.3) is 20.9 Å². The van der Waals surface area contributed by atoms with Crippen molar-refractivity contribution in [1.29, 1.82) is 0 Å². The number of thiazole rings is 1. The minimum Gasteiger partial charge on any atom is -0.479 e. The van der Waals surface area contributed by atoms with E-state index < -0.39 is 11.6 Å². The van der Waals surface area contributed by atoms with Crippen molar-refractivity contribution in [2.24, 2.45) is 0 Å². The van der Waals surface area contributed by atoms with Gasteiger partial charge in [0, 0.05) is 30.6 Å². The number of carboxylic acids is 1. The van der Waals surface area contributed by atoms with Crippen LogP contribution in [-0.4, -0.2) is 49.7 Å². The van der Waals surface area contributed by atoms with Gasteiger partial charge in [-0.3, -0.25) is 4.90 Å². The molecular formula is C26H23ClFN3O3S. The van der Waals surface area contributed by atoms with Crippen LogP contribution in [0.3, 0.4) is 0 Å². The van der Waals surface area contributed by atoms with Crippen LogP contribution >= 0.6 is 23.7 Å². The molecule has 2 aromatic carbocycles. The molecule has 1 saturated heterocycles. The number of rotatable bonds is 6. The number of hydrogen-bond donors (Lipinski definition) is 2. The van der Waals surface area contributed by atoms with Crippen molar-refractivity contribution >= 4 is 40.1 Å². The van der Waals surface area contributed by atoms with Crippen molar-refractivity contribution in [2.45, 2.75) is 30.4 Å². The van der Waals surface area contributed by atoms with Gasteiger partial charge in [-0.25, -0.2) is 19.2 Å².